The molecule has 0 atom stereocenters. The predicted molar refractivity (Wildman–Crippen MR) is 171 cm³/mol. The lowest BCUT2D eigenvalue weighted by molar-refractivity contribution is 0.0786. The molecule has 0 unspecified atom stereocenters. The summed E-state index contributed by atoms with van der Waals surface area (Å²) in [7, 11) is 1.68. The van der Waals surface area contributed by atoms with Crippen LogP contribution >= 0.6 is 0 Å². The molecule has 1 saturated heterocycles. The zero-order valence-corrected chi connectivity index (χ0v) is 25.2. The minimum absolute atomic E-state index is 0.134. The van der Waals surface area contributed by atoms with Crippen molar-refractivity contribution in [3.05, 3.63) is 102 Å². The minimum atomic E-state index is -0.402. The number of piperazine rings is 1. The van der Waals surface area contributed by atoms with Gasteiger partial charge in [-0.15, -0.1) is 0 Å². The summed E-state index contributed by atoms with van der Waals surface area (Å²) in [5, 5.41) is 5.83. The van der Waals surface area contributed by atoms with Gasteiger partial charge in [-0.05, 0) is 67.1 Å². The number of benzene rings is 3. The van der Waals surface area contributed by atoms with Gasteiger partial charge in [0.1, 0.15) is 0 Å². The van der Waals surface area contributed by atoms with Crippen LogP contribution in [0.25, 0.3) is 0 Å². The smallest absolute Gasteiger partial charge is 0.291 e. The highest BCUT2D eigenvalue weighted by Gasteiger charge is 2.23. The fraction of sp³-hybridized carbons (Fsp3) is 0.265. The van der Waals surface area contributed by atoms with Crippen LogP contribution in [0.3, 0.4) is 0 Å². The van der Waals surface area contributed by atoms with E-state index in [2.05, 4.69) is 45.6 Å². The average Bonchev–Trinajstić information content (AvgIpc) is 3.77. The molecule has 3 amide bonds. The van der Waals surface area contributed by atoms with Crippen LogP contribution in [-0.2, 0) is 0 Å². The van der Waals surface area contributed by atoms with Crippen LogP contribution in [0.4, 0.5) is 17.1 Å². The van der Waals surface area contributed by atoms with Gasteiger partial charge in [0.25, 0.3) is 17.7 Å². The third-order valence-electron chi connectivity index (χ3n) is 8.03. The molecule has 0 saturated carbocycles. The minimum Gasteiger partial charge on any atom is -0.459 e. The zero-order chi connectivity index (χ0) is 31.3. The number of hydrogen-bond donors (Lipinski definition) is 2. The molecule has 11 heteroatoms. The Morgan fingerprint density at radius 1 is 0.800 bits per heavy atom. The van der Waals surface area contributed by atoms with Crippen molar-refractivity contribution in [1.29, 1.82) is 0 Å². The van der Waals surface area contributed by atoms with Gasteiger partial charge < -0.3 is 39.2 Å². The number of nitrogens with zero attached hydrogens (tertiary/aromatic N) is 3. The molecule has 6 rings (SSSR count). The van der Waals surface area contributed by atoms with Crippen LogP contribution in [0.2, 0.25) is 0 Å². The van der Waals surface area contributed by atoms with Gasteiger partial charge >= 0.3 is 0 Å². The maximum atomic E-state index is 13.2. The second-order valence-corrected chi connectivity index (χ2v) is 11.0. The zero-order valence-electron chi connectivity index (χ0n) is 25.2. The fourth-order valence-electron chi connectivity index (χ4n) is 5.54. The van der Waals surface area contributed by atoms with Gasteiger partial charge in [-0.25, -0.2) is 0 Å². The number of anilines is 3. The molecule has 4 aromatic rings. The van der Waals surface area contributed by atoms with Crippen molar-refractivity contribution in [2.45, 2.75) is 6.92 Å². The van der Waals surface area contributed by atoms with E-state index >= 15 is 0 Å². The van der Waals surface area contributed by atoms with Crippen molar-refractivity contribution in [3.63, 3.8) is 0 Å². The number of nitrogens with one attached hydrogen (secondary N) is 2. The molecule has 3 heterocycles. The van der Waals surface area contributed by atoms with Gasteiger partial charge in [0.15, 0.2) is 17.3 Å². The maximum absolute atomic E-state index is 13.2. The molecule has 0 spiro atoms. The van der Waals surface area contributed by atoms with E-state index in [1.165, 1.54) is 22.4 Å². The molecule has 2 aliphatic rings. The van der Waals surface area contributed by atoms with Crippen LogP contribution in [0.5, 0.6) is 11.5 Å². The molecular weight excluding hydrogens is 574 g/mol. The van der Waals surface area contributed by atoms with Crippen molar-refractivity contribution in [2.24, 2.45) is 0 Å². The Kier molecular flexibility index (Phi) is 8.58. The van der Waals surface area contributed by atoms with Crippen LogP contribution in [0.15, 0.2) is 83.5 Å². The Hall–Kier alpha value is -5.45. The van der Waals surface area contributed by atoms with Crippen LogP contribution in [-0.4, -0.2) is 75.7 Å². The molecule has 0 radical (unpaired) electrons. The second kappa shape index (κ2) is 13.0. The Morgan fingerprint density at radius 3 is 2.29 bits per heavy atom. The molecule has 0 aliphatic carbocycles. The van der Waals surface area contributed by atoms with Crippen molar-refractivity contribution in [1.82, 2.24) is 10.2 Å². The highest BCUT2D eigenvalue weighted by atomic mass is 16.7. The lowest BCUT2D eigenvalue weighted by Crippen LogP contribution is -2.47. The number of para-hydroxylation sites is 1. The Bertz CT molecular complexity index is 1700. The first-order valence-electron chi connectivity index (χ1n) is 14.8. The molecule has 2 N–H and O–H groups in total. The molecule has 1 fully saturated rings. The quantitative estimate of drug-likeness (QED) is 0.287. The second-order valence-electron chi connectivity index (χ2n) is 11.0. The number of rotatable bonds is 9. The highest BCUT2D eigenvalue weighted by molar-refractivity contribution is 6.05. The largest absolute Gasteiger partial charge is 0.459 e. The molecule has 11 nitrogen and oxygen atoms in total. The van der Waals surface area contributed by atoms with Gasteiger partial charge in [-0.3, -0.25) is 14.4 Å². The third-order valence-corrected chi connectivity index (χ3v) is 8.03. The Labute approximate surface area is 261 Å². The normalized spacial score (nSPS) is 13.8. The summed E-state index contributed by atoms with van der Waals surface area (Å²) in [6.45, 7) is 5.90. The maximum Gasteiger partial charge on any atom is 0.291 e. The van der Waals surface area contributed by atoms with E-state index in [0.29, 0.717) is 34.9 Å². The summed E-state index contributed by atoms with van der Waals surface area (Å²) < 4.78 is 16.0. The summed E-state index contributed by atoms with van der Waals surface area (Å²) in [4.78, 5) is 45.2. The van der Waals surface area contributed by atoms with E-state index in [9.17, 15) is 14.4 Å². The van der Waals surface area contributed by atoms with Gasteiger partial charge in [-0.2, -0.15) is 0 Å². The van der Waals surface area contributed by atoms with E-state index in [1.807, 2.05) is 12.1 Å². The third kappa shape index (κ3) is 6.57. The monoisotopic (exact) mass is 609 g/mol. The van der Waals surface area contributed by atoms with Gasteiger partial charge in [-0.1, -0.05) is 18.2 Å². The first-order chi connectivity index (χ1) is 21.9. The number of amides is 3. The molecule has 45 heavy (non-hydrogen) atoms. The summed E-state index contributed by atoms with van der Waals surface area (Å²) in [6, 6.07) is 21.9. The fourth-order valence-corrected chi connectivity index (χ4v) is 5.54. The lowest BCUT2D eigenvalue weighted by Gasteiger charge is -2.38. The number of likely N-dealkylation sites (N-methyl/N-ethyl adjacent to an activating group) is 1. The van der Waals surface area contributed by atoms with Crippen molar-refractivity contribution >= 4 is 34.8 Å². The number of fused-ring (bicyclic) bond motifs is 1. The molecule has 1 aromatic heterocycles. The highest BCUT2D eigenvalue weighted by Crippen LogP contribution is 2.33. The number of ether oxygens (including phenoxy) is 2. The molecule has 2 aliphatic heterocycles. The summed E-state index contributed by atoms with van der Waals surface area (Å²) in [5.74, 6) is 0.405. The molecule has 0 bridgehead atoms. The van der Waals surface area contributed by atoms with Crippen LogP contribution < -0.4 is 29.9 Å². The average molecular weight is 610 g/mol. The SMILES string of the molecule is Cc1ccccc1N1CCN(c2ccc(C(=O)NCCN(C)C(=O)c3ccc4c(c3)OCO4)cc2NC(=O)c2ccco2)CC1. The molecular formula is C34H35N5O6. The summed E-state index contributed by atoms with van der Waals surface area (Å²) in [6.07, 6.45) is 1.44. The van der Waals surface area contributed by atoms with Crippen molar-refractivity contribution < 1.29 is 28.3 Å². The number of hydrogen-bond acceptors (Lipinski definition) is 8. The molecule has 232 valence electrons. The summed E-state index contributed by atoms with van der Waals surface area (Å²) >= 11 is 0. The topological polar surface area (TPSA) is 117 Å². The number of carbonyl (C=O) groups is 3. The van der Waals surface area contributed by atoms with Gasteiger partial charge in [0.05, 0.1) is 17.6 Å². The predicted octanol–water partition coefficient (Wildman–Crippen LogP) is 4.40. The van der Waals surface area contributed by atoms with Crippen LogP contribution in [0.1, 0.15) is 36.8 Å². The first kappa shape index (κ1) is 29.6. The van der Waals surface area contributed by atoms with Crippen molar-refractivity contribution in [3.8, 4) is 11.5 Å². The number of furan rings is 1. The van der Waals surface area contributed by atoms with E-state index in [1.54, 1.807) is 49.5 Å². The van der Waals surface area contributed by atoms with Gasteiger partial charge in [0.2, 0.25) is 6.79 Å². The van der Waals surface area contributed by atoms with Crippen LogP contribution in [0, 0.1) is 6.92 Å². The first-order valence-corrected chi connectivity index (χ1v) is 14.8. The molecule has 3 aromatic carbocycles. The number of aryl methyl sites for hydroxylation is 1. The Balaban J connectivity index is 1.11. The van der Waals surface area contributed by atoms with E-state index in [0.717, 1.165) is 31.9 Å². The van der Waals surface area contributed by atoms with E-state index < -0.39 is 5.91 Å². The Morgan fingerprint density at radius 2 is 1.53 bits per heavy atom. The number of carbonyl (C=O) groups excluding carboxylic acids is 3. The van der Waals surface area contributed by atoms with E-state index in [4.69, 9.17) is 13.9 Å². The van der Waals surface area contributed by atoms with Crippen molar-refractivity contribution in [2.75, 3.05) is 68.2 Å². The standard InChI is InChI=1S/C34H35N5O6/c1-23-6-3-4-7-27(23)38-15-17-39(18-16-38)28-11-9-24(20-26(28)36-33(41)30-8-5-19-43-30)32(40)35-13-14-37(2)34(42)25-10-12-29-31(21-25)45-22-44-29/h3-12,19-21H,13-18,22H2,1-2H3,(H,35,40)(H,36,41). The van der Waals surface area contributed by atoms with E-state index in [-0.39, 0.29) is 30.9 Å². The van der Waals surface area contributed by atoms with Gasteiger partial charge in [0, 0.05) is 63.1 Å². The lowest BCUT2D eigenvalue weighted by atomic mass is 10.1. The summed E-state index contributed by atoms with van der Waals surface area (Å²) in [5.41, 5.74) is 4.65.